The van der Waals surface area contributed by atoms with E-state index in [4.69, 9.17) is 37.0 Å². The third-order valence-corrected chi connectivity index (χ3v) is 20.4. The lowest BCUT2D eigenvalue weighted by Gasteiger charge is -2.21. The maximum Gasteiger partial charge on any atom is 0.472 e. The minimum Gasteiger partial charge on any atom is -0.462 e. The van der Waals surface area contributed by atoms with Gasteiger partial charge in [-0.15, -0.1) is 0 Å². The lowest BCUT2D eigenvalue weighted by Crippen LogP contribution is -2.30. The second-order valence-corrected chi connectivity index (χ2v) is 32.3. The van der Waals surface area contributed by atoms with Crippen molar-refractivity contribution in [2.24, 2.45) is 11.8 Å². The highest BCUT2D eigenvalue weighted by Crippen LogP contribution is 2.45. The number of aliphatic hydroxyl groups excluding tert-OH is 1. The molecule has 0 aromatic rings. The maximum absolute atomic E-state index is 13.1. The topological polar surface area (TPSA) is 237 Å². The average Bonchev–Trinajstić information content (AvgIpc) is 1.08. The summed E-state index contributed by atoms with van der Waals surface area (Å²) in [5, 5.41) is 10.6. The number of hydrogen-bond donors (Lipinski definition) is 3. The Morgan fingerprint density at radius 1 is 0.276 bits per heavy atom. The van der Waals surface area contributed by atoms with Crippen molar-refractivity contribution in [1.82, 2.24) is 0 Å². The van der Waals surface area contributed by atoms with Gasteiger partial charge in [0.2, 0.25) is 0 Å². The van der Waals surface area contributed by atoms with Gasteiger partial charge in [-0.05, 0) is 37.5 Å². The molecule has 0 saturated carbocycles. The first kappa shape index (κ1) is 96.1. The molecule has 0 rings (SSSR count). The number of unbranched alkanes of at least 4 members (excludes halogenated alkanes) is 48. The van der Waals surface area contributed by atoms with Gasteiger partial charge < -0.3 is 33.8 Å². The van der Waals surface area contributed by atoms with Crippen LogP contribution in [0, 0.1) is 11.8 Å². The van der Waals surface area contributed by atoms with Gasteiger partial charge >= 0.3 is 39.5 Å². The summed E-state index contributed by atoms with van der Waals surface area (Å²) in [7, 11) is -9.91. The van der Waals surface area contributed by atoms with Crippen LogP contribution >= 0.6 is 15.6 Å². The van der Waals surface area contributed by atoms with Crippen molar-refractivity contribution >= 4 is 39.5 Å². The number of phosphoric acid groups is 2. The zero-order valence-corrected chi connectivity index (χ0v) is 65.9. The molecule has 0 bridgehead atoms. The normalized spacial score (nSPS) is 13.9. The van der Waals surface area contributed by atoms with Gasteiger partial charge in [-0.3, -0.25) is 37.3 Å². The maximum atomic E-state index is 13.1. The smallest absolute Gasteiger partial charge is 0.462 e. The van der Waals surface area contributed by atoms with Gasteiger partial charge in [-0.2, -0.15) is 0 Å². The highest BCUT2D eigenvalue weighted by Gasteiger charge is 2.30. The van der Waals surface area contributed by atoms with E-state index in [-0.39, 0.29) is 25.7 Å². The van der Waals surface area contributed by atoms with Crippen LogP contribution in [0.3, 0.4) is 0 Å². The third kappa shape index (κ3) is 72.4. The van der Waals surface area contributed by atoms with Crippen molar-refractivity contribution in [1.29, 1.82) is 0 Å². The molecule has 0 radical (unpaired) electrons. The molecular formula is C79H154O17P2. The van der Waals surface area contributed by atoms with Gasteiger partial charge in [0, 0.05) is 25.7 Å². The summed E-state index contributed by atoms with van der Waals surface area (Å²) in [4.78, 5) is 72.9. The molecule has 17 nitrogen and oxygen atoms in total. The lowest BCUT2D eigenvalue weighted by atomic mass is 10.0. The molecule has 0 aromatic heterocycles. The molecule has 3 N–H and O–H groups in total. The lowest BCUT2D eigenvalue weighted by molar-refractivity contribution is -0.161. The monoisotopic (exact) mass is 1440 g/mol. The number of ether oxygens (including phenoxy) is 4. The van der Waals surface area contributed by atoms with Crippen LogP contribution in [0.25, 0.3) is 0 Å². The zero-order valence-electron chi connectivity index (χ0n) is 64.1. The van der Waals surface area contributed by atoms with E-state index >= 15 is 0 Å². The molecule has 98 heavy (non-hydrogen) atoms. The van der Waals surface area contributed by atoms with Crippen LogP contribution in [-0.4, -0.2) is 96.7 Å². The Balaban J connectivity index is 5.21. The van der Waals surface area contributed by atoms with E-state index in [9.17, 15) is 43.2 Å². The summed E-state index contributed by atoms with van der Waals surface area (Å²) in [6.45, 7) is 9.66. The van der Waals surface area contributed by atoms with Crippen molar-refractivity contribution in [2.75, 3.05) is 39.6 Å². The van der Waals surface area contributed by atoms with Crippen LogP contribution in [0.5, 0.6) is 0 Å². The van der Waals surface area contributed by atoms with Gasteiger partial charge in [-0.25, -0.2) is 9.13 Å². The Morgan fingerprint density at radius 3 is 0.694 bits per heavy atom. The molecule has 5 atom stereocenters. The highest BCUT2D eigenvalue weighted by molar-refractivity contribution is 7.47. The van der Waals surface area contributed by atoms with Crippen molar-refractivity contribution in [3.63, 3.8) is 0 Å². The predicted molar refractivity (Wildman–Crippen MR) is 400 cm³/mol. The van der Waals surface area contributed by atoms with E-state index in [0.29, 0.717) is 25.7 Å². The minimum atomic E-state index is -4.96. The summed E-state index contributed by atoms with van der Waals surface area (Å²) < 4.78 is 68.6. The number of phosphoric ester groups is 2. The molecular weight excluding hydrogens is 1280 g/mol. The SMILES string of the molecule is CCCCCCCCCCCCCCC(=O)O[C@H](COC(=O)CCCCCCCCCCCC)COP(=O)(O)OC[C@H](O)COP(=O)(O)OC[C@@H](COC(=O)CCCCCCCCCCCCCCC(C)C)OC(=O)CCCCCCCCCCCCCCCCCCCCC(C)C. The van der Waals surface area contributed by atoms with Crippen LogP contribution in [0.2, 0.25) is 0 Å². The first-order chi connectivity index (χ1) is 47.4. The molecule has 0 fully saturated rings. The largest absolute Gasteiger partial charge is 0.472 e. The molecule has 0 aliphatic rings. The van der Waals surface area contributed by atoms with Crippen molar-refractivity contribution < 1.29 is 80.2 Å². The van der Waals surface area contributed by atoms with Gasteiger partial charge in [0.15, 0.2) is 12.2 Å². The second kappa shape index (κ2) is 70.7. The average molecular weight is 1440 g/mol. The molecule has 2 unspecified atom stereocenters. The summed E-state index contributed by atoms with van der Waals surface area (Å²) in [5.41, 5.74) is 0. The Bertz CT molecular complexity index is 1890. The second-order valence-electron chi connectivity index (χ2n) is 29.4. The van der Waals surface area contributed by atoms with Crippen LogP contribution in [0.15, 0.2) is 0 Å². The molecule has 19 heteroatoms. The molecule has 0 spiro atoms. The summed E-state index contributed by atoms with van der Waals surface area (Å²) >= 11 is 0. The quantitative estimate of drug-likeness (QED) is 0.0222. The molecule has 582 valence electrons. The number of carbonyl (C=O) groups is 4. The molecule has 0 heterocycles. The number of aliphatic hydroxyl groups is 1. The standard InChI is InChI=1S/C79H154O17P2/c1-7-9-11-13-15-17-19-32-39-45-51-57-63-78(83)95-74(67-89-76(81)61-55-49-43-37-18-16-14-12-10-8-2)69-93-97(85,86)91-65-73(80)66-92-98(87,88)94-70-75(68-90-77(82)62-56-50-44-38-33-29-28-31-36-42-48-54-60-72(5)6)96-79(84)64-58-52-46-40-34-27-25-23-21-20-22-24-26-30-35-41-47-53-59-71(3)4/h71-75,80H,7-70H2,1-6H3,(H,85,86)(H,87,88)/t73-,74+,75+/m0/s1. The summed E-state index contributed by atoms with van der Waals surface area (Å²) in [6, 6.07) is 0. The number of carbonyl (C=O) groups excluding carboxylic acids is 4. The van der Waals surface area contributed by atoms with E-state index in [1.54, 1.807) is 0 Å². The van der Waals surface area contributed by atoms with Gasteiger partial charge in [0.05, 0.1) is 26.4 Å². The van der Waals surface area contributed by atoms with Gasteiger partial charge in [0.25, 0.3) is 0 Å². The van der Waals surface area contributed by atoms with E-state index < -0.39 is 97.5 Å². The van der Waals surface area contributed by atoms with E-state index in [2.05, 4.69) is 41.5 Å². The minimum absolute atomic E-state index is 0.108. The van der Waals surface area contributed by atoms with Crippen LogP contribution in [0.1, 0.15) is 414 Å². The van der Waals surface area contributed by atoms with Crippen LogP contribution in [0.4, 0.5) is 0 Å². The molecule has 0 aromatic carbocycles. The molecule has 0 aliphatic carbocycles. The van der Waals surface area contributed by atoms with Crippen LogP contribution in [-0.2, 0) is 65.4 Å². The Kier molecular flexibility index (Phi) is 69.3. The zero-order chi connectivity index (χ0) is 72.1. The van der Waals surface area contributed by atoms with E-state index in [1.807, 2.05) is 0 Å². The fourth-order valence-corrected chi connectivity index (χ4v) is 13.8. The summed E-state index contributed by atoms with van der Waals surface area (Å²) in [5.74, 6) is -0.508. The first-order valence-corrected chi connectivity index (χ1v) is 44.0. The van der Waals surface area contributed by atoms with Crippen LogP contribution < -0.4 is 0 Å². The van der Waals surface area contributed by atoms with E-state index in [0.717, 1.165) is 102 Å². The molecule has 0 amide bonds. The third-order valence-electron chi connectivity index (χ3n) is 18.5. The Morgan fingerprint density at radius 2 is 0.469 bits per heavy atom. The Labute approximate surface area is 600 Å². The van der Waals surface area contributed by atoms with Gasteiger partial charge in [-0.1, -0.05) is 363 Å². The fourth-order valence-electron chi connectivity index (χ4n) is 12.2. The molecule has 0 saturated heterocycles. The Hall–Kier alpha value is -1.94. The first-order valence-electron chi connectivity index (χ1n) is 41.0. The summed E-state index contributed by atoms with van der Waals surface area (Å²) in [6.07, 6.45) is 59.6. The highest BCUT2D eigenvalue weighted by atomic mass is 31.2. The molecule has 0 aliphatic heterocycles. The van der Waals surface area contributed by atoms with Crippen molar-refractivity contribution in [2.45, 2.75) is 432 Å². The number of esters is 4. The number of hydrogen-bond acceptors (Lipinski definition) is 15. The predicted octanol–water partition coefficient (Wildman–Crippen LogP) is 23.5. The number of rotatable bonds is 78. The van der Waals surface area contributed by atoms with Crippen molar-refractivity contribution in [3.8, 4) is 0 Å². The van der Waals surface area contributed by atoms with Gasteiger partial charge in [0.1, 0.15) is 19.3 Å². The van der Waals surface area contributed by atoms with Crippen molar-refractivity contribution in [3.05, 3.63) is 0 Å². The fraction of sp³-hybridized carbons (Fsp3) is 0.949. The van der Waals surface area contributed by atoms with E-state index in [1.165, 1.54) is 231 Å².